The number of nitrogens with two attached hydrogens (primary N) is 1. The zero-order chi connectivity index (χ0) is 23.4. The van der Waals surface area contributed by atoms with Gasteiger partial charge in [0.25, 0.3) is 17.2 Å². The Hall–Kier alpha value is -3.43. The number of rotatable bonds is 9. The van der Waals surface area contributed by atoms with Gasteiger partial charge in [-0.2, -0.15) is 0 Å². The first kappa shape index (κ1) is 23.2. The number of pyridine rings is 1. The van der Waals surface area contributed by atoms with E-state index < -0.39 is 17.2 Å². The molecule has 0 unspecified atom stereocenters. The van der Waals surface area contributed by atoms with Crippen LogP contribution in [-0.2, 0) is 6.54 Å². The third kappa shape index (κ3) is 4.44. The minimum Gasteiger partial charge on any atom is -0.383 e. The maximum Gasteiger partial charge on any atom is 0.330 e. The third-order valence-electron chi connectivity index (χ3n) is 5.43. The second-order valence-electron chi connectivity index (χ2n) is 7.92. The fraction of sp³-hybridized carbons (Fsp3) is 0.500. The number of hydrogen-bond donors (Lipinski definition) is 2. The number of nitrogen functional groups attached to an aromatic ring is 1. The highest BCUT2D eigenvalue weighted by Gasteiger charge is 2.28. The average Bonchev–Trinajstić information content (AvgIpc) is 3.11. The van der Waals surface area contributed by atoms with E-state index in [0.29, 0.717) is 41.7 Å². The van der Waals surface area contributed by atoms with E-state index >= 15 is 0 Å². The molecule has 0 bridgehead atoms. The second-order valence-corrected chi connectivity index (χ2v) is 7.92. The summed E-state index contributed by atoms with van der Waals surface area (Å²) in [5.74, 6) is -0.429. The van der Waals surface area contributed by atoms with Crippen LogP contribution in [0.3, 0.4) is 0 Å². The van der Waals surface area contributed by atoms with E-state index in [1.54, 1.807) is 19.9 Å². The lowest BCUT2D eigenvalue weighted by molar-refractivity contribution is 0.0987. The highest BCUT2D eigenvalue weighted by atomic mass is 16.5. The number of nitrogens with zero attached hydrogens (tertiary/aromatic N) is 4. The molecule has 0 aliphatic rings. The van der Waals surface area contributed by atoms with Gasteiger partial charge in [0.05, 0.1) is 16.6 Å². The van der Waals surface area contributed by atoms with Gasteiger partial charge in [-0.15, -0.1) is 0 Å². The summed E-state index contributed by atoms with van der Waals surface area (Å²) < 4.78 is 6.58. The fourth-order valence-electron chi connectivity index (χ4n) is 3.74. The van der Waals surface area contributed by atoms with Crippen LogP contribution in [0.1, 0.15) is 67.7 Å². The fourth-order valence-corrected chi connectivity index (χ4v) is 3.74. The quantitative estimate of drug-likeness (QED) is 0.485. The summed E-state index contributed by atoms with van der Waals surface area (Å²) in [6.07, 6.45) is 4.04. The standard InChI is InChI=1S/C22H30N6O4/c1-5-7-9-11-27(17-18(23)28(10-8-6-2)22(31)25-19(17)29)21(30)15-12-13(3)24-20-16(15)14(4)26-32-20/h12H,5-11,23H2,1-4H3,(H,25,29,31). The van der Waals surface area contributed by atoms with Gasteiger partial charge >= 0.3 is 5.69 Å². The third-order valence-corrected chi connectivity index (χ3v) is 5.43. The molecule has 3 rings (SSSR count). The smallest absolute Gasteiger partial charge is 0.330 e. The van der Waals surface area contributed by atoms with E-state index in [-0.39, 0.29) is 23.8 Å². The first-order chi connectivity index (χ1) is 15.3. The van der Waals surface area contributed by atoms with Gasteiger partial charge in [-0.3, -0.25) is 19.1 Å². The molecule has 3 aromatic rings. The van der Waals surface area contributed by atoms with Crippen LogP contribution in [0.2, 0.25) is 0 Å². The van der Waals surface area contributed by atoms with Gasteiger partial charge in [0.1, 0.15) is 5.82 Å². The van der Waals surface area contributed by atoms with Crippen LogP contribution in [0.5, 0.6) is 0 Å². The first-order valence-corrected chi connectivity index (χ1v) is 11.0. The van der Waals surface area contributed by atoms with Crippen LogP contribution >= 0.6 is 0 Å². The number of anilines is 2. The summed E-state index contributed by atoms with van der Waals surface area (Å²) in [5.41, 5.74) is 6.72. The molecule has 0 aromatic carbocycles. The number of unbranched alkanes of at least 4 members (excludes halogenated alkanes) is 3. The lowest BCUT2D eigenvalue weighted by Gasteiger charge is -2.25. The Morgan fingerprint density at radius 2 is 1.91 bits per heavy atom. The van der Waals surface area contributed by atoms with Crippen molar-refractivity contribution >= 4 is 28.5 Å². The molecule has 0 spiro atoms. The second kappa shape index (κ2) is 9.80. The summed E-state index contributed by atoms with van der Waals surface area (Å²) in [6, 6.07) is 1.65. The van der Waals surface area contributed by atoms with Gasteiger partial charge in [-0.25, -0.2) is 9.78 Å². The Kier molecular flexibility index (Phi) is 7.12. The molecule has 10 nitrogen and oxygen atoms in total. The largest absolute Gasteiger partial charge is 0.383 e. The number of amides is 1. The normalized spacial score (nSPS) is 11.2. The molecule has 0 saturated carbocycles. The molecule has 1 amide bonds. The van der Waals surface area contributed by atoms with Gasteiger partial charge < -0.3 is 15.2 Å². The number of nitrogens with one attached hydrogen (secondary N) is 1. The lowest BCUT2D eigenvalue weighted by atomic mass is 10.1. The maximum absolute atomic E-state index is 13.8. The van der Waals surface area contributed by atoms with Crippen molar-refractivity contribution in [2.24, 2.45) is 0 Å². The van der Waals surface area contributed by atoms with Gasteiger partial charge in [-0.05, 0) is 32.8 Å². The van der Waals surface area contributed by atoms with E-state index in [1.807, 2.05) is 6.92 Å². The SMILES string of the molecule is CCCCCN(C(=O)c1cc(C)nc2onc(C)c12)c1c(N)n(CCCC)c(=O)[nH]c1=O. The summed E-state index contributed by atoms with van der Waals surface area (Å²) in [7, 11) is 0. The molecule has 3 N–H and O–H groups in total. The number of carbonyl (C=O) groups excluding carboxylic acids is 1. The molecule has 0 saturated heterocycles. The summed E-state index contributed by atoms with van der Waals surface area (Å²) in [5, 5.41) is 4.43. The lowest BCUT2D eigenvalue weighted by Crippen LogP contribution is -2.41. The van der Waals surface area contributed by atoms with Crippen molar-refractivity contribution in [3.8, 4) is 0 Å². The van der Waals surface area contributed by atoms with Crippen molar-refractivity contribution in [1.82, 2.24) is 19.7 Å². The molecule has 0 radical (unpaired) electrons. The molecule has 32 heavy (non-hydrogen) atoms. The molecule has 3 aromatic heterocycles. The Balaban J connectivity index is 2.19. The summed E-state index contributed by atoms with van der Waals surface area (Å²) in [6.45, 7) is 8.15. The summed E-state index contributed by atoms with van der Waals surface area (Å²) in [4.78, 5) is 47.0. The highest BCUT2D eigenvalue weighted by Crippen LogP contribution is 2.26. The van der Waals surface area contributed by atoms with Crippen molar-refractivity contribution in [2.45, 2.75) is 66.3 Å². The Morgan fingerprint density at radius 3 is 2.59 bits per heavy atom. The van der Waals surface area contributed by atoms with Gasteiger partial charge in [0.15, 0.2) is 5.69 Å². The summed E-state index contributed by atoms with van der Waals surface area (Å²) >= 11 is 0. The monoisotopic (exact) mass is 442 g/mol. The molecule has 0 atom stereocenters. The molecular formula is C22H30N6O4. The molecule has 0 aliphatic heterocycles. The molecule has 3 heterocycles. The van der Waals surface area contributed by atoms with Crippen molar-refractivity contribution in [3.05, 3.63) is 43.9 Å². The average molecular weight is 443 g/mol. The minimum atomic E-state index is -0.686. The number of carbonyl (C=O) groups is 1. The van der Waals surface area contributed by atoms with Gasteiger partial charge in [-0.1, -0.05) is 38.3 Å². The van der Waals surface area contributed by atoms with E-state index in [0.717, 1.165) is 19.3 Å². The number of fused-ring (bicyclic) bond motifs is 1. The predicted octanol–water partition coefficient (Wildman–Crippen LogP) is 2.91. The van der Waals surface area contributed by atoms with Crippen molar-refractivity contribution in [2.75, 3.05) is 17.2 Å². The van der Waals surface area contributed by atoms with Crippen LogP contribution in [0.4, 0.5) is 11.5 Å². The van der Waals surface area contributed by atoms with E-state index in [1.165, 1.54) is 9.47 Å². The van der Waals surface area contributed by atoms with Crippen molar-refractivity contribution in [3.63, 3.8) is 0 Å². The molecule has 0 aliphatic carbocycles. The molecule has 10 heteroatoms. The molecular weight excluding hydrogens is 412 g/mol. The zero-order valence-corrected chi connectivity index (χ0v) is 19.0. The van der Waals surface area contributed by atoms with Crippen LogP contribution in [0.25, 0.3) is 11.1 Å². The van der Waals surface area contributed by atoms with E-state index in [4.69, 9.17) is 10.3 Å². The van der Waals surface area contributed by atoms with Gasteiger partial charge in [0.2, 0.25) is 0 Å². The van der Waals surface area contributed by atoms with Crippen LogP contribution < -0.4 is 21.9 Å². The van der Waals surface area contributed by atoms with Crippen LogP contribution in [0, 0.1) is 13.8 Å². The maximum atomic E-state index is 13.8. The van der Waals surface area contributed by atoms with Crippen molar-refractivity contribution < 1.29 is 9.32 Å². The van der Waals surface area contributed by atoms with Crippen LogP contribution in [-0.4, -0.2) is 32.1 Å². The number of aromatic nitrogens is 4. The number of hydrogen-bond acceptors (Lipinski definition) is 7. The number of aryl methyl sites for hydroxylation is 2. The minimum absolute atomic E-state index is 0.0129. The number of H-pyrrole nitrogens is 1. The van der Waals surface area contributed by atoms with Crippen LogP contribution in [0.15, 0.2) is 20.2 Å². The van der Waals surface area contributed by atoms with E-state index in [9.17, 15) is 14.4 Å². The molecule has 172 valence electrons. The zero-order valence-electron chi connectivity index (χ0n) is 19.0. The predicted molar refractivity (Wildman–Crippen MR) is 123 cm³/mol. The Labute approximate surface area is 185 Å². The Bertz CT molecular complexity index is 1240. The molecule has 0 fully saturated rings. The number of aromatic amines is 1. The highest BCUT2D eigenvalue weighted by molar-refractivity contribution is 6.14. The van der Waals surface area contributed by atoms with E-state index in [2.05, 4.69) is 22.0 Å². The van der Waals surface area contributed by atoms with Gasteiger partial charge in [0, 0.05) is 18.8 Å². The first-order valence-electron chi connectivity index (χ1n) is 11.0. The van der Waals surface area contributed by atoms with Crippen molar-refractivity contribution in [1.29, 1.82) is 0 Å². The topological polar surface area (TPSA) is 140 Å². The Morgan fingerprint density at radius 1 is 1.19 bits per heavy atom.